The van der Waals surface area contributed by atoms with Crippen LogP contribution < -0.4 is 0 Å². The Morgan fingerprint density at radius 2 is 1.74 bits per heavy atom. The minimum absolute atomic E-state index is 0.145. The molecule has 0 radical (unpaired) electrons. The molecule has 0 unspecified atom stereocenters. The summed E-state index contributed by atoms with van der Waals surface area (Å²) >= 11 is 0. The molecule has 0 saturated carbocycles. The first-order chi connectivity index (χ1) is 16.2. The minimum Gasteiger partial charge on any atom is -0.462 e. The molecule has 0 spiro atoms. The maximum absolute atomic E-state index is 12.5. The number of aromatic nitrogens is 4. The molecule has 3 aromatic rings. The molecule has 186 valence electrons. The number of esters is 1. The SMILES string of the molecule is CCCOC(=O)c1cnn(Cc2ccc(-c3noc(C(F)(F)F)n3)cc2)c1.CCN(CC)CC. The fourth-order valence-corrected chi connectivity index (χ4v) is 2.91. The van der Waals surface area contributed by atoms with Crippen molar-refractivity contribution in [2.75, 3.05) is 26.2 Å². The largest absolute Gasteiger partial charge is 0.471 e. The van der Waals surface area contributed by atoms with E-state index in [1.54, 1.807) is 35.1 Å². The standard InChI is InChI=1S/C17H15F3N4O3.C6H15N/c1-2-7-26-15(25)13-8-21-24(10-13)9-11-3-5-12(6-4-11)14-22-16(27-23-14)17(18,19)20;1-4-7(5-2)6-3/h3-6,8,10H,2,7,9H2,1H3;4-6H2,1-3H3. The second-order valence-electron chi connectivity index (χ2n) is 7.30. The van der Waals surface area contributed by atoms with Crippen LogP contribution in [0.2, 0.25) is 0 Å². The van der Waals surface area contributed by atoms with Gasteiger partial charge in [0.15, 0.2) is 0 Å². The van der Waals surface area contributed by atoms with Crippen molar-refractivity contribution < 1.29 is 27.2 Å². The molecule has 0 amide bonds. The van der Waals surface area contributed by atoms with Crippen LogP contribution in [0.25, 0.3) is 11.4 Å². The molecule has 8 nitrogen and oxygen atoms in total. The van der Waals surface area contributed by atoms with Crippen molar-refractivity contribution in [1.29, 1.82) is 0 Å². The van der Waals surface area contributed by atoms with Crippen molar-refractivity contribution in [2.45, 2.75) is 46.8 Å². The topological polar surface area (TPSA) is 86.3 Å². The molecule has 0 fully saturated rings. The van der Waals surface area contributed by atoms with Gasteiger partial charge in [-0.05, 0) is 31.6 Å². The van der Waals surface area contributed by atoms with Crippen molar-refractivity contribution in [1.82, 2.24) is 24.8 Å². The second kappa shape index (κ2) is 12.9. The van der Waals surface area contributed by atoms with Crippen LogP contribution in [0.15, 0.2) is 41.2 Å². The summed E-state index contributed by atoms with van der Waals surface area (Å²) in [6.07, 6.45) is -0.955. The Balaban J connectivity index is 0.000000509. The van der Waals surface area contributed by atoms with Crippen molar-refractivity contribution in [3.63, 3.8) is 0 Å². The van der Waals surface area contributed by atoms with Gasteiger partial charge in [0.25, 0.3) is 0 Å². The van der Waals surface area contributed by atoms with E-state index in [0.29, 0.717) is 24.3 Å². The van der Waals surface area contributed by atoms with Gasteiger partial charge in [-0.2, -0.15) is 23.3 Å². The van der Waals surface area contributed by atoms with Crippen LogP contribution in [0.3, 0.4) is 0 Å². The third-order valence-corrected chi connectivity index (χ3v) is 4.87. The Kier molecular flexibility index (Phi) is 10.2. The highest BCUT2D eigenvalue weighted by Gasteiger charge is 2.38. The quantitative estimate of drug-likeness (QED) is 0.401. The van der Waals surface area contributed by atoms with Crippen molar-refractivity contribution in [3.8, 4) is 11.4 Å². The fraction of sp³-hybridized carbons (Fsp3) is 0.478. The molecule has 0 aliphatic carbocycles. The monoisotopic (exact) mass is 481 g/mol. The Morgan fingerprint density at radius 1 is 1.09 bits per heavy atom. The Morgan fingerprint density at radius 3 is 2.24 bits per heavy atom. The molecule has 0 aliphatic rings. The lowest BCUT2D eigenvalue weighted by Crippen LogP contribution is -2.21. The number of carbonyl (C=O) groups is 1. The molecule has 3 rings (SSSR count). The lowest BCUT2D eigenvalue weighted by Gasteiger charge is -2.13. The Labute approximate surface area is 196 Å². The molecule has 0 aliphatic heterocycles. The molecule has 2 aromatic heterocycles. The van der Waals surface area contributed by atoms with Gasteiger partial charge in [0.1, 0.15) is 0 Å². The maximum atomic E-state index is 12.5. The first-order valence-corrected chi connectivity index (χ1v) is 11.1. The average molecular weight is 482 g/mol. The summed E-state index contributed by atoms with van der Waals surface area (Å²) in [5.41, 5.74) is 1.57. The average Bonchev–Trinajstić information content (AvgIpc) is 3.50. The van der Waals surface area contributed by atoms with Gasteiger partial charge >= 0.3 is 18.0 Å². The number of halogens is 3. The summed E-state index contributed by atoms with van der Waals surface area (Å²) in [4.78, 5) is 17.5. The summed E-state index contributed by atoms with van der Waals surface area (Å²) in [6, 6.07) is 6.58. The molecule has 34 heavy (non-hydrogen) atoms. The zero-order chi connectivity index (χ0) is 25.1. The molecular formula is C23H30F3N5O3. The lowest BCUT2D eigenvalue weighted by atomic mass is 10.1. The number of hydrogen-bond donors (Lipinski definition) is 0. The lowest BCUT2D eigenvalue weighted by molar-refractivity contribution is -0.159. The first kappa shape index (κ1) is 27.0. The summed E-state index contributed by atoms with van der Waals surface area (Å²) in [5.74, 6) is -1.97. The van der Waals surface area contributed by atoms with Gasteiger partial charge in [0, 0.05) is 11.8 Å². The highest BCUT2D eigenvalue weighted by Crippen LogP contribution is 2.29. The van der Waals surface area contributed by atoms with E-state index in [1.807, 2.05) is 6.92 Å². The van der Waals surface area contributed by atoms with Gasteiger partial charge in [-0.25, -0.2) is 4.79 Å². The number of ether oxygens (including phenoxy) is 1. The van der Waals surface area contributed by atoms with E-state index in [4.69, 9.17) is 4.74 Å². The minimum atomic E-state index is -4.68. The highest BCUT2D eigenvalue weighted by molar-refractivity contribution is 5.88. The van der Waals surface area contributed by atoms with Gasteiger partial charge in [0.05, 0.1) is 24.9 Å². The Bertz CT molecular complexity index is 1010. The maximum Gasteiger partial charge on any atom is 0.471 e. The van der Waals surface area contributed by atoms with E-state index in [0.717, 1.165) is 12.0 Å². The van der Waals surface area contributed by atoms with E-state index in [1.165, 1.54) is 25.8 Å². The third kappa shape index (κ3) is 7.98. The fourth-order valence-electron chi connectivity index (χ4n) is 2.91. The van der Waals surface area contributed by atoms with E-state index in [-0.39, 0.29) is 5.82 Å². The predicted molar refractivity (Wildman–Crippen MR) is 120 cm³/mol. The van der Waals surface area contributed by atoms with E-state index in [9.17, 15) is 18.0 Å². The molecule has 1 aromatic carbocycles. The van der Waals surface area contributed by atoms with Crippen LogP contribution in [0.1, 0.15) is 55.9 Å². The molecule has 0 atom stereocenters. The number of alkyl halides is 3. The van der Waals surface area contributed by atoms with Crippen LogP contribution >= 0.6 is 0 Å². The molecule has 0 bridgehead atoms. The van der Waals surface area contributed by atoms with E-state index < -0.39 is 18.0 Å². The Hall–Kier alpha value is -3.21. The van der Waals surface area contributed by atoms with Gasteiger partial charge in [-0.15, -0.1) is 0 Å². The zero-order valence-electron chi connectivity index (χ0n) is 19.8. The number of benzene rings is 1. The van der Waals surface area contributed by atoms with Crippen molar-refractivity contribution >= 4 is 5.97 Å². The van der Waals surface area contributed by atoms with Crippen molar-refractivity contribution in [3.05, 3.63) is 53.7 Å². The van der Waals surface area contributed by atoms with Gasteiger partial charge in [-0.3, -0.25) is 4.68 Å². The van der Waals surface area contributed by atoms with Gasteiger partial charge in [0.2, 0.25) is 5.82 Å². The smallest absolute Gasteiger partial charge is 0.462 e. The van der Waals surface area contributed by atoms with E-state index >= 15 is 0 Å². The molecule has 11 heteroatoms. The van der Waals surface area contributed by atoms with Crippen LogP contribution in [0.4, 0.5) is 13.2 Å². The summed E-state index contributed by atoms with van der Waals surface area (Å²) < 4.78 is 48.4. The van der Waals surface area contributed by atoms with Crippen molar-refractivity contribution in [2.24, 2.45) is 0 Å². The molecule has 0 N–H and O–H groups in total. The number of hydrogen-bond acceptors (Lipinski definition) is 7. The zero-order valence-corrected chi connectivity index (χ0v) is 19.8. The molecular weight excluding hydrogens is 451 g/mol. The normalized spacial score (nSPS) is 11.3. The predicted octanol–water partition coefficient (Wildman–Crippen LogP) is 4.92. The molecule has 0 saturated heterocycles. The van der Waals surface area contributed by atoms with Gasteiger partial charge in [-0.1, -0.05) is 57.1 Å². The second-order valence-corrected chi connectivity index (χ2v) is 7.30. The first-order valence-electron chi connectivity index (χ1n) is 11.1. The number of rotatable bonds is 9. The molecule has 2 heterocycles. The van der Waals surface area contributed by atoms with Crippen LogP contribution in [-0.2, 0) is 17.5 Å². The van der Waals surface area contributed by atoms with E-state index in [2.05, 4.69) is 45.4 Å². The van der Waals surface area contributed by atoms with Crippen LogP contribution in [0.5, 0.6) is 0 Å². The summed E-state index contributed by atoms with van der Waals surface area (Å²) in [7, 11) is 0. The summed E-state index contributed by atoms with van der Waals surface area (Å²) in [5, 5.41) is 7.44. The summed E-state index contributed by atoms with van der Waals surface area (Å²) in [6.45, 7) is 12.7. The van der Waals surface area contributed by atoms with Gasteiger partial charge < -0.3 is 14.2 Å². The number of nitrogens with zero attached hydrogens (tertiary/aromatic N) is 5. The van der Waals surface area contributed by atoms with Crippen LogP contribution in [0, 0.1) is 0 Å². The number of carbonyl (C=O) groups excluding carboxylic acids is 1. The highest BCUT2D eigenvalue weighted by atomic mass is 19.4. The van der Waals surface area contributed by atoms with Crippen LogP contribution in [-0.4, -0.2) is 57.0 Å². The third-order valence-electron chi connectivity index (χ3n) is 4.87.